The number of benzene rings is 1. The first kappa shape index (κ1) is 17.4. The lowest BCUT2D eigenvalue weighted by atomic mass is 10.1. The summed E-state index contributed by atoms with van der Waals surface area (Å²) in [6.07, 6.45) is 2.65. The molecule has 0 spiro atoms. The second kappa shape index (κ2) is 8.61. The fourth-order valence-electron chi connectivity index (χ4n) is 1.86. The van der Waals surface area contributed by atoms with Crippen molar-refractivity contribution in [1.29, 1.82) is 0 Å². The van der Waals surface area contributed by atoms with Crippen molar-refractivity contribution >= 4 is 23.5 Å². The van der Waals surface area contributed by atoms with Crippen molar-refractivity contribution in [3.8, 4) is 0 Å². The molecule has 0 fully saturated rings. The summed E-state index contributed by atoms with van der Waals surface area (Å²) in [5.74, 6) is -1.14. The number of rotatable bonds is 7. The maximum Gasteiger partial charge on any atom is 0.328 e. The number of carbonyl (C=O) groups is 3. The van der Waals surface area contributed by atoms with E-state index in [1.165, 1.54) is 14.0 Å². The molecular formula is C16H20N2O4. The molecule has 1 rings (SSSR count). The van der Waals surface area contributed by atoms with Crippen LogP contribution in [0.1, 0.15) is 30.1 Å². The van der Waals surface area contributed by atoms with E-state index in [0.717, 1.165) is 0 Å². The van der Waals surface area contributed by atoms with Gasteiger partial charge in [-0.05, 0) is 31.0 Å². The van der Waals surface area contributed by atoms with Crippen LogP contribution in [0.25, 0.3) is 0 Å². The first-order valence-corrected chi connectivity index (χ1v) is 6.85. The Bertz CT molecular complexity index is 569. The molecule has 0 aliphatic rings. The Balaban J connectivity index is 2.82. The fraction of sp³-hybridized carbons (Fsp3) is 0.312. The highest BCUT2D eigenvalue weighted by Crippen LogP contribution is 2.11. The molecule has 0 unspecified atom stereocenters. The molecule has 0 heterocycles. The van der Waals surface area contributed by atoms with Crippen LogP contribution in [-0.4, -0.2) is 30.9 Å². The van der Waals surface area contributed by atoms with Gasteiger partial charge in [0.2, 0.25) is 5.91 Å². The molecule has 0 radical (unpaired) electrons. The molecule has 0 aliphatic heterocycles. The summed E-state index contributed by atoms with van der Waals surface area (Å²) in [7, 11) is 1.27. The Morgan fingerprint density at radius 3 is 2.68 bits per heavy atom. The second-order valence-electron chi connectivity index (χ2n) is 4.68. The summed E-state index contributed by atoms with van der Waals surface area (Å²) in [4.78, 5) is 34.9. The van der Waals surface area contributed by atoms with E-state index >= 15 is 0 Å². The topological polar surface area (TPSA) is 84.5 Å². The molecule has 0 saturated heterocycles. The number of amides is 2. The number of hydrogen-bond donors (Lipinski definition) is 2. The van der Waals surface area contributed by atoms with Gasteiger partial charge < -0.3 is 15.4 Å². The van der Waals surface area contributed by atoms with Crippen LogP contribution < -0.4 is 10.6 Å². The first-order valence-electron chi connectivity index (χ1n) is 6.85. The molecule has 0 bridgehead atoms. The molecule has 22 heavy (non-hydrogen) atoms. The first-order chi connectivity index (χ1) is 10.5. The van der Waals surface area contributed by atoms with E-state index in [-0.39, 0.29) is 5.91 Å². The Kier molecular flexibility index (Phi) is 6.82. The highest BCUT2D eigenvalue weighted by atomic mass is 16.5. The van der Waals surface area contributed by atoms with Gasteiger partial charge in [-0.15, -0.1) is 6.58 Å². The maximum absolute atomic E-state index is 12.2. The zero-order valence-electron chi connectivity index (χ0n) is 12.7. The molecule has 118 valence electrons. The number of carbonyl (C=O) groups excluding carboxylic acids is 3. The van der Waals surface area contributed by atoms with E-state index in [9.17, 15) is 14.4 Å². The fourth-order valence-corrected chi connectivity index (χ4v) is 1.86. The zero-order valence-corrected chi connectivity index (χ0v) is 12.7. The van der Waals surface area contributed by atoms with Crippen molar-refractivity contribution in [3.63, 3.8) is 0 Å². The number of nitrogens with one attached hydrogen (secondary N) is 2. The van der Waals surface area contributed by atoms with Crippen LogP contribution in [-0.2, 0) is 14.3 Å². The molecule has 6 heteroatoms. The van der Waals surface area contributed by atoms with Gasteiger partial charge >= 0.3 is 5.97 Å². The highest BCUT2D eigenvalue weighted by molar-refractivity contribution is 5.98. The lowest BCUT2D eigenvalue weighted by Crippen LogP contribution is -2.41. The average molecular weight is 304 g/mol. The molecular weight excluding hydrogens is 284 g/mol. The van der Waals surface area contributed by atoms with E-state index in [1.807, 2.05) is 0 Å². The Morgan fingerprint density at radius 2 is 2.09 bits per heavy atom. The quantitative estimate of drug-likeness (QED) is 0.595. The van der Waals surface area contributed by atoms with Crippen LogP contribution in [0.4, 0.5) is 5.69 Å². The van der Waals surface area contributed by atoms with Gasteiger partial charge in [-0.3, -0.25) is 9.59 Å². The van der Waals surface area contributed by atoms with Crippen LogP contribution >= 0.6 is 0 Å². The summed E-state index contributed by atoms with van der Waals surface area (Å²) < 4.78 is 4.68. The third kappa shape index (κ3) is 5.40. The number of allylic oxidation sites excluding steroid dienone is 1. The molecule has 1 atom stereocenters. The Morgan fingerprint density at radius 1 is 1.36 bits per heavy atom. The average Bonchev–Trinajstić information content (AvgIpc) is 2.50. The van der Waals surface area contributed by atoms with Gasteiger partial charge in [-0.2, -0.15) is 0 Å². The largest absolute Gasteiger partial charge is 0.467 e. The minimum Gasteiger partial charge on any atom is -0.467 e. The van der Waals surface area contributed by atoms with Crippen LogP contribution in [0.15, 0.2) is 36.9 Å². The van der Waals surface area contributed by atoms with Gasteiger partial charge in [0.25, 0.3) is 5.91 Å². The van der Waals surface area contributed by atoms with Crippen LogP contribution in [0.3, 0.4) is 0 Å². The van der Waals surface area contributed by atoms with Crippen LogP contribution in [0.2, 0.25) is 0 Å². The molecule has 2 amide bonds. The van der Waals surface area contributed by atoms with Crippen molar-refractivity contribution in [2.24, 2.45) is 0 Å². The van der Waals surface area contributed by atoms with Crippen LogP contribution in [0, 0.1) is 0 Å². The lowest BCUT2D eigenvalue weighted by Gasteiger charge is -2.16. The standard InChI is InChI=1S/C16H20N2O4/c1-4-5-9-14(16(21)22-3)18-15(20)12-7-6-8-13(10-12)17-11(2)19/h4,6-8,10,14H,1,5,9H2,2-3H3,(H,17,19)(H,18,20)/t14-/m0/s1. The van der Waals surface area contributed by atoms with E-state index in [0.29, 0.717) is 24.1 Å². The van der Waals surface area contributed by atoms with E-state index in [1.54, 1.807) is 30.3 Å². The monoisotopic (exact) mass is 304 g/mol. The molecule has 1 aromatic rings. The van der Waals surface area contributed by atoms with E-state index in [4.69, 9.17) is 0 Å². The number of anilines is 1. The highest BCUT2D eigenvalue weighted by Gasteiger charge is 2.21. The van der Waals surface area contributed by atoms with E-state index in [2.05, 4.69) is 21.9 Å². The maximum atomic E-state index is 12.2. The van der Waals surface area contributed by atoms with Gasteiger partial charge in [0.05, 0.1) is 7.11 Å². The molecule has 1 aromatic carbocycles. The SMILES string of the molecule is C=CCC[C@H](NC(=O)c1cccc(NC(C)=O)c1)C(=O)OC. The summed E-state index contributed by atoms with van der Waals surface area (Å²) in [5, 5.41) is 5.22. The number of hydrogen-bond acceptors (Lipinski definition) is 4. The van der Waals surface area contributed by atoms with Crippen molar-refractivity contribution in [1.82, 2.24) is 5.32 Å². The van der Waals surface area contributed by atoms with Crippen molar-refractivity contribution in [2.75, 3.05) is 12.4 Å². The summed E-state index contributed by atoms with van der Waals surface area (Å²) in [6.45, 7) is 4.97. The van der Waals surface area contributed by atoms with Gasteiger partial charge in [0, 0.05) is 18.2 Å². The smallest absolute Gasteiger partial charge is 0.328 e. The number of ether oxygens (including phenoxy) is 1. The number of methoxy groups -OCH3 is 1. The third-order valence-electron chi connectivity index (χ3n) is 2.90. The Hall–Kier alpha value is -2.63. The summed E-state index contributed by atoms with van der Waals surface area (Å²) in [5.41, 5.74) is 0.861. The van der Waals surface area contributed by atoms with E-state index < -0.39 is 17.9 Å². The molecule has 6 nitrogen and oxygen atoms in total. The molecule has 2 N–H and O–H groups in total. The normalized spacial score (nSPS) is 11.2. The van der Waals surface area contributed by atoms with Crippen molar-refractivity contribution in [2.45, 2.75) is 25.8 Å². The molecule has 0 saturated carbocycles. The summed E-state index contributed by atoms with van der Waals surface area (Å²) in [6, 6.07) is 5.73. The van der Waals surface area contributed by atoms with Gasteiger partial charge in [-0.25, -0.2) is 4.79 Å². The number of esters is 1. The predicted molar refractivity (Wildman–Crippen MR) is 83.4 cm³/mol. The minimum absolute atomic E-state index is 0.226. The Labute approximate surface area is 129 Å². The summed E-state index contributed by atoms with van der Waals surface area (Å²) >= 11 is 0. The van der Waals surface area contributed by atoms with Gasteiger partial charge in [0.15, 0.2) is 0 Å². The van der Waals surface area contributed by atoms with Gasteiger partial charge in [-0.1, -0.05) is 12.1 Å². The minimum atomic E-state index is -0.736. The molecule has 0 aromatic heterocycles. The van der Waals surface area contributed by atoms with Crippen molar-refractivity contribution < 1.29 is 19.1 Å². The van der Waals surface area contributed by atoms with Crippen LogP contribution in [0.5, 0.6) is 0 Å². The van der Waals surface area contributed by atoms with Gasteiger partial charge in [0.1, 0.15) is 6.04 Å². The zero-order chi connectivity index (χ0) is 16.5. The van der Waals surface area contributed by atoms with Crippen molar-refractivity contribution in [3.05, 3.63) is 42.5 Å². The second-order valence-corrected chi connectivity index (χ2v) is 4.68. The molecule has 0 aliphatic carbocycles. The predicted octanol–water partition coefficient (Wildman–Crippen LogP) is 1.88. The third-order valence-corrected chi connectivity index (χ3v) is 2.90. The lowest BCUT2D eigenvalue weighted by molar-refractivity contribution is -0.143.